The van der Waals surface area contributed by atoms with Gasteiger partial charge in [-0.1, -0.05) is 18.2 Å². The van der Waals surface area contributed by atoms with Crippen molar-refractivity contribution in [2.75, 3.05) is 18.6 Å². The van der Waals surface area contributed by atoms with Crippen LogP contribution in [0, 0.1) is 10.1 Å². The molecule has 0 aliphatic carbocycles. The van der Waals surface area contributed by atoms with Gasteiger partial charge in [-0.3, -0.25) is 14.3 Å². The third kappa shape index (κ3) is 4.93. The summed E-state index contributed by atoms with van der Waals surface area (Å²) in [5.41, 5.74) is 0.880. The Morgan fingerprint density at radius 1 is 1.44 bits per heavy atom. The van der Waals surface area contributed by atoms with Crippen molar-refractivity contribution in [1.29, 1.82) is 0 Å². The first-order chi connectivity index (χ1) is 8.50. The van der Waals surface area contributed by atoms with Crippen molar-refractivity contribution in [3.8, 4) is 0 Å². The molecule has 0 bridgehead atoms. The zero-order valence-corrected chi connectivity index (χ0v) is 11.4. The van der Waals surface area contributed by atoms with Gasteiger partial charge in [0.2, 0.25) is 0 Å². The van der Waals surface area contributed by atoms with E-state index in [1.807, 2.05) is 6.92 Å². The summed E-state index contributed by atoms with van der Waals surface area (Å²) < 4.78 is 11.0. The summed E-state index contributed by atoms with van der Waals surface area (Å²) in [6.07, 6.45) is 2.26. The Morgan fingerprint density at radius 2 is 2.11 bits per heavy atom. The van der Waals surface area contributed by atoms with Crippen LogP contribution in [0.5, 0.6) is 0 Å². The molecular formula is C12H18N2O3S. The van der Waals surface area contributed by atoms with Crippen LogP contribution in [0.4, 0.5) is 5.69 Å². The van der Waals surface area contributed by atoms with Gasteiger partial charge in [0.15, 0.2) is 0 Å². The predicted molar refractivity (Wildman–Crippen MR) is 73.2 cm³/mol. The topological polar surface area (TPSA) is 72.2 Å². The molecule has 1 aromatic carbocycles. The maximum atomic E-state index is 11.0. The third-order valence-electron chi connectivity index (χ3n) is 2.56. The lowest BCUT2D eigenvalue weighted by Crippen LogP contribution is -2.32. The Labute approximate surface area is 109 Å². The van der Waals surface area contributed by atoms with Crippen molar-refractivity contribution in [2.45, 2.75) is 19.4 Å². The predicted octanol–water partition coefficient (Wildman–Crippen LogP) is 1.49. The highest BCUT2D eigenvalue weighted by atomic mass is 32.2. The summed E-state index contributed by atoms with van der Waals surface area (Å²) in [5, 5.41) is 14.0. The van der Waals surface area contributed by atoms with Crippen LogP contribution >= 0.6 is 0 Å². The maximum Gasteiger partial charge on any atom is 0.272 e. The molecule has 1 aromatic rings. The van der Waals surface area contributed by atoms with Gasteiger partial charge in [-0.15, -0.1) is 0 Å². The standard InChI is InChI=1S/C12H18N2O3S/c1-10(9-18(2)17)13-8-7-11-5-3-4-6-12(11)14(15)16/h3-6,10,13H,7-9H2,1-2H3. The van der Waals surface area contributed by atoms with Crippen molar-refractivity contribution < 1.29 is 9.13 Å². The van der Waals surface area contributed by atoms with Crippen molar-refractivity contribution in [3.63, 3.8) is 0 Å². The average Bonchev–Trinajstić information content (AvgIpc) is 2.28. The van der Waals surface area contributed by atoms with Gasteiger partial charge < -0.3 is 5.32 Å². The van der Waals surface area contributed by atoms with E-state index in [9.17, 15) is 14.3 Å². The van der Waals surface area contributed by atoms with Crippen LogP contribution in [0.2, 0.25) is 0 Å². The highest BCUT2D eigenvalue weighted by Gasteiger charge is 2.12. The molecule has 18 heavy (non-hydrogen) atoms. The minimum atomic E-state index is -0.826. The molecule has 0 spiro atoms. The van der Waals surface area contributed by atoms with E-state index in [4.69, 9.17) is 0 Å². The van der Waals surface area contributed by atoms with E-state index in [2.05, 4.69) is 5.32 Å². The monoisotopic (exact) mass is 270 g/mol. The summed E-state index contributed by atoms with van der Waals surface area (Å²) in [5.74, 6) is 0.594. The maximum absolute atomic E-state index is 11.0. The fraction of sp³-hybridized carbons (Fsp3) is 0.500. The Balaban J connectivity index is 2.49. The lowest BCUT2D eigenvalue weighted by Gasteiger charge is -2.12. The number of hydrogen-bond acceptors (Lipinski definition) is 4. The molecule has 0 amide bonds. The smallest absolute Gasteiger partial charge is 0.272 e. The van der Waals surface area contributed by atoms with Crippen LogP contribution in [0.3, 0.4) is 0 Å². The van der Waals surface area contributed by atoms with Crippen molar-refractivity contribution in [1.82, 2.24) is 5.32 Å². The molecule has 1 rings (SSSR count). The lowest BCUT2D eigenvalue weighted by atomic mass is 10.1. The second-order valence-electron chi connectivity index (χ2n) is 4.23. The van der Waals surface area contributed by atoms with E-state index in [1.54, 1.807) is 24.5 Å². The van der Waals surface area contributed by atoms with Crippen molar-refractivity contribution in [2.24, 2.45) is 0 Å². The van der Waals surface area contributed by atoms with Gasteiger partial charge in [-0.05, 0) is 19.9 Å². The summed E-state index contributed by atoms with van der Waals surface area (Å²) in [6.45, 7) is 2.60. The van der Waals surface area contributed by atoms with Gasteiger partial charge in [0.25, 0.3) is 5.69 Å². The Hall–Kier alpha value is -1.27. The zero-order chi connectivity index (χ0) is 13.5. The number of hydrogen-bond donors (Lipinski definition) is 1. The highest BCUT2D eigenvalue weighted by molar-refractivity contribution is 7.84. The lowest BCUT2D eigenvalue weighted by molar-refractivity contribution is -0.385. The van der Waals surface area contributed by atoms with E-state index >= 15 is 0 Å². The number of nitro groups is 1. The highest BCUT2D eigenvalue weighted by Crippen LogP contribution is 2.17. The normalized spacial score (nSPS) is 14.1. The third-order valence-corrected chi connectivity index (χ3v) is 3.53. The summed E-state index contributed by atoms with van der Waals surface area (Å²) in [7, 11) is -0.826. The fourth-order valence-electron chi connectivity index (χ4n) is 1.76. The van der Waals surface area contributed by atoms with Crippen LogP contribution in [0.25, 0.3) is 0 Å². The molecule has 0 aromatic heterocycles. The molecule has 1 N–H and O–H groups in total. The second kappa shape index (κ2) is 7.23. The van der Waals surface area contributed by atoms with Gasteiger partial charge in [0.05, 0.1) is 4.92 Å². The van der Waals surface area contributed by atoms with Gasteiger partial charge in [0.1, 0.15) is 0 Å². The van der Waals surface area contributed by atoms with E-state index in [-0.39, 0.29) is 16.7 Å². The second-order valence-corrected chi connectivity index (χ2v) is 5.71. The minimum absolute atomic E-state index is 0.151. The average molecular weight is 270 g/mol. The number of nitrogens with zero attached hydrogens (tertiary/aromatic N) is 1. The molecule has 0 radical (unpaired) electrons. The van der Waals surface area contributed by atoms with Crippen molar-refractivity contribution in [3.05, 3.63) is 39.9 Å². The largest absolute Gasteiger partial charge is 0.313 e. The summed E-state index contributed by atoms with van der Waals surface area (Å²) >= 11 is 0. The van der Waals surface area contributed by atoms with Crippen LogP contribution in [-0.2, 0) is 17.2 Å². The van der Waals surface area contributed by atoms with Crippen LogP contribution in [0.1, 0.15) is 12.5 Å². The Bertz CT molecular complexity index is 437. The van der Waals surface area contributed by atoms with Crippen molar-refractivity contribution >= 4 is 16.5 Å². The number of rotatable bonds is 7. The molecule has 6 heteroatoms. The molecule has 2 atom stereocenters. The van der Waals surface area contributed by atoms with Crippen LogP contribution < -0.4 is 5.32 Å². The van der Waals surface area contributed by atoms with Crippen LogP contribution in [0.15, 0.2) is 24.3 Å². The summed E-state index contributed by atoms with van der Waals surface area (Å²) in [6, 6.07) is 6.89. The first-order valence-corrected chi connectivity index (χ1v) is 7.49. The molecule has 0 saturated carbocycles. The first kappa shape index (κ1) is 14.8. The fourth-order valence-corrected chi connectivity index (χ4v) is 2.59. The van der Waals surface area contributed by atoms with Gasteiger partial charge in [-0.2, -0.15) is 0 Å². The summed E-state index contributed by atoms with van der Waals surface area (Å²) in [4.78, 5) is 10.4. The number of nitrogens with one attached hydrogen (secondary N) is 1. The number of nitro benzene ring substituents is 1. The number of benzene rings is 1. The van der Waals surface area contributed by atoms with Gasteiger partial charge >= 0.3 is 0 Å². The molecule has 0 heterocycles. The van der Waals surface area contributed by atoms with E-state index < -0.39 is 10.8 Å². The number of para-hydroxylation sites is 1. The first-order valence-electron chi connectivity index (χ1n) is 5.76. The minimum Gasteiger partial charge on any atom is -0.313 e. The van der Waals surface area contributed by atoms with Gasteiger partial charge in [-0.25, -0.2) is 0 Å². The van der Waals surface area contributed by atoms with E-state index in [1.165, 1.54) is 6.07 Å². The SMILES string of the molecule is CC(CS(C)=O)NCCc1ccccc1[N+](=O)[O-]. The molecule has 0 saturated heterocycles. The zero-order valence-electron chi connectivity index (χ0n) is 10.6. The molecule has 5 nitrogen and oxygen atoms in total. The molecular weight excluding hydrogens is 252 g/mol. The van der Waals surface area contributed by atoms with E-state index in [0.717, 1.165) is 5.56 Å². The molecule has 0 aliphatic rings. The van der Waals surface area contributed by atoms with Gasteiger partial charge in [0, 0.05) is 40.5 Å². The molecule has 2 unspecified atom stereocenters. The molecule has 100 valence electrons. The quantitative estimate of drug-likeness (QED) is 0.602. The van der Waals surface area contributed by atoms with Crippen LogP contribution in [-0.4, -0.2) is 33.7 Å². The van der Waals surface area contributed by atoms with E-state index in [0.29, 0.717) is 18.7 Å². The molecule has 0 fully saturated rings. The Morgan fingerprint density at radius 3 is 2.72 bits per heavy atom. The Kier molecular flexibility index (Phi) is 5.94. The molecule has 0 aliphatic heterocycles.